The Morgan fingerprint density at radius 1 is 1.21 bits per heavy atom. The molecule has 6 heteroatoms. The van der Waals surface area contributed by atoms with Crippen molar-refractivity contribution in [3.63, 3.8) is 0 Å². The number of likely N-dealkylation sites (N-methyl/N-ethyl adjacent to an activating group) is 1. The molecular formula is C18H33N5S. The Hall–Kier alpha value is -1.11. The van der Waals surface area contributed by atoms with E-state index in [1.165, 1.54) is 42.5 Å². The van der Waals surface area contributed by atoms with Crippen LogP contribution in [0.1, 0.15) is 23.6 Å². The van der Waals surface area contributed by atoms with Crippen LogP contribution in [-0.2, 0) is 6.54 Å². The van der Waals surface area contributed by atoms with E-state index in [0.717, 1.165) is 25.6 Å². The van der Waals surface area contributed by atoms with Crippen molar-refractivity contribution in [1.29, 1.82) is 0 Å². The summed E-state index contributed by atoms with van der Waals surface area (Å²) in [5, 5.41) is 6.86. The largest absolute Gasteiger partial charge is 0.356 e. The van der Waals surface area contributed by atoms with Gasteiger partial charge in [0.05, 0.1) is 6.54 Å². The number of hydrogen-bond acceptors (Lipinski definition) is 4. The zero-order chi connectivity index (χ0) is 17.4. The normalized spacial score (nSPS) is 18.6. The highest BCUT2D eigenvalue weighted by molar-refractivity contribution is 7.11. The number of piperazine rings is 1. The highest BCUT2D eigenvalue weighted by Gasteiger charge is 2.17. The third-order valence-corrected chi connectivity index (χ3v) is 5.55. The van der Waals surface area contributed by atoms with Gasteiger partial charge in [0.2, 0.25) is 0 Å². The second-order valence-corrected chi connectivity index (χ2v) is 8.03. The molecule has 1 saturated heterocycles. The minimum absolute atomic E-state index is 0.612. The number of nitrogens with zero attached hydrogens (tertiary/aromatic N) is 3. The fourth-order valence-corrected chi connectivity index (χ4v) is 3.87. The Balaban J connectivity index is 1.65. The highest BCUT2D eigenvalue weighted by atomic mass is 32.1. The van der Waals surface area contributed by atoms with Crippen LogP contribution in [0.2, 0.25) is 0 Å². The summed E-state index contributed by atoms with van der Waals surface area (Å²) >= 11 is 1.83. The van der Waals surface area contributed by atoms with Gasteiger partial charge in [-0.15, -0.1) is 11.3 Å². The predicted octanol–water partition coefficient (Wildman–Crippen LogP) is 2.00. The third-order valence-electron chi connectivity index (χ3n) is 4.55. The SMILES string of the molecule is CCN1CCN(CC(C)CNC(=NC)NCc2ccc(C)s2)CC1. The number of aliphatic imine (C=N–C) groups is 1. The molecule has 0 saturated carbocycles. The fraction of sp³-hybridized carbons (Fsp3) is 0.722. The molecule has 1 unspecified atom stereocenters. The summed E-state index contributed by atoms with van der Waals surface area (Å²) in [5.74, 6) is 1.50. The van der Waals surface area contributed by atoms with Gasteiger partial charge >= 0.3 is 0 Å². The van der Waals surface area contributed by atoms with Gasteiger partial charge in [-0.2, -0.15) is 0 Å². The summed E-state index contributed by atoms with van der Waals surface area (Å²) in [4.78, 5) is 12.1. The minimum atomic E-state index is 0.612. The Morgan fingerprint density at radius 3 is 2.50 bits per heavy atom. The van der Waals surface area contributed by atoms with Crippen LogP contribution in [0.25, 0.3) is 0 Å². The van der Waals surface area contributed by atoms with E-state index in [1.807, 2.05) is 18.4 Å². The van der Waals surface area contributed by atoms with Crippen LogP contribution in [0.5, 0.6) is 0 Å². The molecule has 5 nitrogen and oxygen atoms in total. The van der Waals surface area contributed by atoms with Crippen molar-refractivity contribution < 1.29 is 0 Å². The van der Waals surface area contributed by atoms with Crippen molar-refractivity contribution in [2.75, 3.05) is 52.9 Å². The van der Waals surface area contributed by atoms with Crippen LogP contribution in [0.15, 0.2) is 17.1 Å². The van der Waals surface area contributed by atoms with Gasteiger partial charge in [0.15, 0.2) is 5.96 Å². The standard InChI is InChI=1S/C18H33N5S/c1-5-22-8-10-23(11-9-22)14-15(2)12-20-18(19-4)21-13-17-7-6-16(3)24-17/h6-7,15H,5,8-14H2,1-4H3,(H2,19,20,21). The lowest BCUT2D eigenvalue weighted by molar-refractivity contribution is 0.124. The van der Waals surface area contributed by atoms with Gasteiger partial charge < -0.3 is 20.4 Å². The maximum atomic E-state index is 4.33. The van der Waals surface area contributed by atoms with Crippen LogP contribution in [0, 0.1) is 12.8 Å². The lowest BCUT2D eigenvalue weighted by Crippen LogP contribution is -2.48. The summed E-state index contributed by atoms with van der Waals surface area (Å²) in [7, 11) is 1.84. The van der Waals surface area contributed by atoms with Crippen LogP contribution < -0.4 is 10.6 Å². The molecule has 2 rings (SSSR count). The van der Waals surface area contributed by atoms with Gasteiger partial charge in [-0.3, -0.25) is 4.99 Å². The summed E-state index contributed by atoms with van der Waals surface area (Å²) in [6.07, 6.45) is 0. The molecule has 0 spiro atoms. The zero-order valence-electron chi connectivity index (χ0n) is 15.6. The van der Waals surface area contributed by atoms with Gasteiger partial charge in [-0.25, -0.2) is 0 Å². The van der Waals surface area contributed by atoms with E-state index in [9.17, 15) is 0 Å². The van der Waals surface area contributed by atoms with Crippen molar-refractivity contribution in [2.45, 2.75) is 27.3 Å². The van der Waals surface area contributed by atoms with Crippen LogP contribution in [-0.4, -0.2) is 68.6 Å². The molecule has 2 heterocycles. The molecule has 0 bridgehead atoms. The van der Waals surface area contributed by atoms with E-state index in [1.54, 1.807) is 0 Å². The summed E-state index contributed by atoms with van der Waals surface area (Å²) in [6.45, 7) is 15.6. The van der Waals surface area contributed by atoms with Crippen molar-refractivity contribution in [3.8, 4) is 0 Å². The van der Waals surface area contributed by atoms with Crippen molar-refractivity contribution >= 4 is 17.3 Å². The molecule has 2 N–H and O–H groups in total. The Morgan fingerprint density at radius 2 is 1.92 bits per heavy atom. The molecule has 0 aliphatic carbocycles. The Labute approximate surface area is 151 Å². The first kappa shape index (κ1) is 19.2. The first-order chi connectivity index (χ1) is 11.6. The van der Waals surface area contributed by atoms with E-state index in [-0.39, 0.29) is 0 Å². The van der Waals surface area contributed by atoms with Crippen molar-refractivity contribution in [3.05, 3.63) is 21.9 Å². The molecule has 1 aliphatic heterocycles. The average Bonchev–Trinajstić information content (AvgIpc) is 3.01. The quantitative estimate of drug-likeness (QED) is 0.582. The number of thiophene rings is 1. The lowest BCUT2D eigenvalue weighted by Gasteiger charge is -2.35. The number of nitrogens with one attached hydrogen (secondary N) is 2. The summed E-state index contributed by atoms with van der Waals surface area (Å²) < 4.78 is 0. The van der Waals surface area contributed by atoms with Gasteiger partial charge in [0, 0.05) is 56.1 Å². The first-order valence-electron chi connectivity index (χ1n) is 9.05. The molecule has 1 atom stereocenters. The van der Waals surface area contributed by atoms with Gasteiger partial charge in [-0.05, 0) is 31.5 Å². The Bertz CT molecular complexity index is 505. The maximum Gasteiger partial charge on any atom is 0.191 e. The molecule has 0 aromatic carbocycles. The molecule has 24 heavy (non-hydrogen) atoms. The molecule has 1 aromatic heterocycles. The second kappa shape index (κ2) is 10.0. The third kappa shape index (κ3) is 6.42. The van der Waals surface area contributed by atoms with E-state index < -0.39 is 0 Å². The van der Waals surface area contributed by atoms with E-state index in [2.05, 4.69) is 58.3 Å². The second-order valence-electron chi connectivity index (χ2n) is 6.66. The average molecular weight is 352 g/mol. The van der Waals surface area contributed by atoms with E-state index >= 15 is 0 Å². The van der Waals surface area contributed by atoms with Gasteiger partial charge in [0.1, 0.15) is 0 Å². The van der Waals surface area contributed by atoms with Gasteiger partial charge in [0.25, 0.3) is 0 Å². The summed E-state index contributed by atoms with van der Waals surface area (Å²) in [6, 6.07) is 4.34. The number of hydrogen-bond donors (Lipinski definition) is 2. The molecule has 0 radical (unpaired) electrons. The fourth-order valence-electron chi connectivity index (χ4n) is 3.04. The van der Waals surface area contributed by atoms with Crippen LogP contribution in [0.3, 0.4) is 0 Å². The number of guanidine groups is 1. The maximum absolute atomic E-state index is 4.33. The topological polar surface area (TPSA) is 42.9 Å². The van der Waals surface area contributed by atoms with E-state index in [4.69, 9.17) is 0 Å². The molecule has 0 amide bonds. The zero-order valence-corrected chi connectivity index (χ0v) is 16.5. The molecule has 1 aromatic rings. The highest BCUT2D eigenvalue weighted by Crippen LogP contribution is 2.14. The van der Waals surface area contributed by atoms with Crippen molar-refractivity contribution in [1.82, 2.24) is 20.4 Å². The van der Waals surface area contributed by atoms with E-state index in [0.29, 0.717) is 5.92 Å². The molecule has 1 aliphatic rings. The predicted molar refractivity (Wildman–Crippen MR) is 105 cm³/mol. The number of aryl methyl sites for hydroxylation is 1. The smallest absolute Gasteiger partial charge is 0.191 e. The molecular weight excluding hydrogens is 318 g/mol. The van der Waals surface area contributed by atoms with Crippen molar-refractivity contribution in [2.24, 2.45) is 10.9 Å². The number of rotatable bonds is 7. The van der Waals surface area contributed by atoms with Crippen LogP contribution >= 0.6 is 11.3 Å². The summed E-state index contributed by atoms with van der Waals surface area (Å²) in [5.41, 5.74) is 0. The monoisotopic (exact) mass is 351 g/mol. The Kier molecular flexibility index (Phi) is 8.02. The minimum Gasteiger partial charge on any atom is -0.356 e. The first-order valence-corrected chi connectivity index (χ1v) is 9.87. The molecule has 1 fully saturated rings. The molecule has 136 valence electrons. The lowest BCUT2D eigenvalue weighted by atomic mass is 10.1. The van der Waals surface area contributed by atoms with Crippen LogP contribution in [0.4, 0.5) is 0 Å². The van der Waals surface area contributed by atoms with Gasteiger partial charge in [-0.1, -0.05) is 13.8 Å².